The Hall–Kier alpha value is -2.28. The second-order valence-corrected chi connectivity index (χ2v) is 9.91. The van der Waals surface area contributed by atoms with Gasteiger partial charge in [0.1, 0.15) is 5.54 Å². The molecule has 1 aromatic carbocycles. The molecule has 2 fully saturated rings. The number of anilines is 1. The van der Waals surface area contributed by atoms with Gasteiger partial charge in [-0.15, -0.1) is 0 Å². The Morgan fingerprint density at radius 2 is 2.06 bits per heavy atom. The number of hydrogen-bond donors (Lipinski definition) is 1. The quantitative estimate of drug-likeness (QED) is 0.651. The van der Waals surface area contributed by atoms with E-state index in [0.29, 0.717) is 6.61 Å². The number of nitrogens with one attached hydrogen (secondary N) is 1. The lowest BCUT2D eigenvalue weighted by Gasteiger charge is -2.41. The van der Waals surface area contributed by atoms with E-state index in [1.165, 1.54) is 11.3 Å². The van der Waals surface area contributed by atoms with Crippen LogP contribution in [0.4, 0.5) is 5.69 Å². The number of rotatable bonds is 2. The minimum absolute atomic E-state index is 0.0708. The van der Waals surface area contributed by atoms with Crippen LogP contribution in [0.1, 0.15) is 36.2 Å². The molecule has 6 rings (SSSR count). The Kier molecular flexibility index (Phi) is 4.29. The highest BCUT2D eigenvalue weighted by Crippen LogP contribution is 2.50. The topological polar surface area (TPSA) is 47.2 Å². The molecule has 7 heteroatoms. The summed E-state index contributed by atoms with van der Waals surface area (Å²) in [5.74, 6) is 0. The molecule has 0 unspecified atom stereocenters. The Labute approximate surface area is 187 Å². The molecule has 1 atom stereocenters. The van der Waals surface area contributed by atoms with Gasteiger partial charge in [0.05, 0.1) is 35.0 Å². The number of piperidine rings is 1. The van der Waals surface area contributed by atoms with Crippen molar-refractivity contribution >= 4 is 17.3 Å². The minimum Gasteiger partial charge on any atom is -0.372 e. The molecule has 2 aromatic heterocycles. The van der Waals surface area contributed by atoms with Crippen LogP contribution in [0.5, 0.6) is 0 Å². The highest BCUT2D eigenvalue weighted by Gasteiger charge is 2.53. The van der Waals surface area contributed by atoms with Crippen molar-refractivity contribution < 1.29 is 4.74 Å². The monoisotopic (exact) mass is 437 g/mol. The van der Waals surface area contributed by atoms with Gasteiger partial charge in [-0.1, -0.05) is 11.6 Å². The number of ether oxygens (including phenoxy) is 1. The number of likely N-dealkylation sites (tertiary alicyclic amines) is 1. The zero-order valence-corrected chi connectivity index (χ0v) is 18.8. The van der Waals surface area contributed by atoms with E-state index in [-0.39, 0.29) is 11.1 Å². The average molecular weight is 438 g/mol. The van der Waals surface area contributed by atoms with Gasteiger partial charge >= 0.3 is 0 Å². The predicted octanol–water partition coefficient (Wildman–Crippen LogP) is 4.25. The first-order valence-corrected chi connectivity index (χ1v) is 11.4. The van der Waals surface area contributed by atoms with E-state index < -0.39 is 0 Å². The molecule has 0 saturated carbocycles. The van der Waals surface area contributed by atoms with E-state index in [0.717, 1.165) is 61.0 Å². The molecule has 3 aliphatic rings. The summed E-state index contributed by atoms with van der Waals surface area (Å²) in [5, 5.41) is 9.08. The van der Waals surface area contributed by atoms with Crippen molar-refractivity contribution in [3.63, 3.8) is 0 Å². The summed E-state index contributed by atoms with van der Waals surface area (Å²) >= 11 is 6.32. The number of aromatic nitrogens is 3. The first-order chi connectivity index (χ1) is 15.0. The lowest BCUT2D eigenvalue weighted by Crippen LogP contribution is -2.46. The Morgan fingerprint density at radius 1 is 1.23 bits per heavy atom. The molecule has 0 radical (unpaired) electrons. The van der Waals surface area contributed by atoms with Crippen molar-refractivity contribution in [1.29, 1.82) is 0 Å². The van der Waals surface area contributed by atoms with E-state index >= 15 is 0 Å². The summed E-state index contributed by atoms with van der Waals surface area (Å²) in [6.45, 7) is 5.85. The molecule has 0 amide bonds. The highest BCUT2D eigenvalue weighted by atomic mass is 35.5. The maximum atomic E-state index is 6.62. The van der Waals surface area contributed by atoms with E-state index in [4.69, 9.17) is 16.3 Å². The van der Waals surface area contributed by atoms with E-state index in [2.05, 4.69) is 57.4 Å². The number of aryl methyl sites for hydroxylation is 2. The van der Waals surface area contributed by atoms with Gasteiger partial charge in [0.2, 0.25) is 0 Å². The van der Waals surface area contributed by atoms with E-state index in [1.54, 1.807) is 0 Å². The van der Waals surface area contributed by atoms with Gasteiger partial charge in [-0.3, -0.25) is 9.58 Å². The Morgan fingerprint density at radius 3 is 2.84 bits per heavy atom. The lowest BCUT2D eigenvalue weighted by molar-refractivity contribution is -0.0452. The van der Waals surface area contributed by atoms with Gasteiger partial charge in [0.15, 0.2) is 0 Å². The number of nitrogens with zero attached hydrogens (tertiary/aromatic N) is 4. The van der Waals surface area contributed by atoms with Crippen LogP contribution in [0.15, 0.2) is 42.7 Å². The van der Waals surface area contributed by atoms with Crippen molar-refractivity contribution in [3.05, 3.63) is 64.7 Å². The normalized spacial score (nSPS) is 24.4. The molecule has 5 heterocycles. The second-order valence-electron chi connectivity index (χ2n) is 9.47. The first-order valence-electron chi connectivity index (χ1n) is 11.1. The van der Waals surface area contributed by atoms with Gasteiger partial charge < -0.3 is 14.6 Å². The van der Waals surface area contributed by atoms with Crippen molar-refractivity contribution in [2.45, 2.75) is 43.9 Å². The SMILES string of the molecule is Cc1nn(C)cc1CN1CCC2(CC1)C[C@]1(CO2)Nc2cc(Cl)ccc2-n2cccc21. The molecule has 3 aliphatic heterocycles. The Balaban J connectivity index is 1.22. The smallest absolute Gasteiger partial charge is 0.104 e. The highest BCUT2D eigenvalue weighted by molar-refractivity contribution is 6.31. The zero-order valence-electron chi connectivity index (χ0n) is 18.1. The van der Waals surface area contributed by atoms with Gasteiger partial charge in [-0.05, 0) is 50.1 Å². The largest absolute Gasteiger partial charge is 0.372 e. The maximum absolute atomic E-state index is 6.62. The number of halogens is 1. The fourth-order valence-electron chi connectivity index (χ4n) is 5.78. The van der Waals surface area contributed by atoms with Crippen molar-refractivity contribution in [1.82, 2.24) is 19.2 Å². The van der Waals surface area contributed by atoms with Crippen LogP contribution < -0.4 is 5.32 Å². The number of hydrogen-bond acceptors (Lipinski definition) is 4. The predicted molar refractivity (Wildman–Crippen MR) is 122 cm³/mol. The summed E-state index contributed by atoms with van der Waals surface area (Å²) < 4.78 is 10.8. The van der Waals surface area contributed by atoms with E-state index in [1.807, 2.05) is 23.9 Å². The maximum Gasteiger partial charge on any atom is 0.104 e. The summed E-state index contributed by atoms with van der Waals surface area (Å²) in [4.78, 5) is 2.54. The Bertz CT molecular complexity index is 1140. The van der Waals surface area contributed by atoms with Crippen LogP contribution in [0.3, 0.4) is 0 Å². The standard InChI is InChI=1S/C24H28ClN5O/c1-17-18(13-28(2)27-17)14-29-10-7-23(8-11-29)15-24(16-31-23)22-4-3-9-30(22)21-6-5-19(25)12-20(21)26-24/h3-6,9,12-13,26H,7-8,10-11,14-16H2,1-2H3/t24-/m1/s1. The summed E-state index contributed by atoms with van der Waals surface area (Å²) in [6.07, 6.45) is 7.38. The third kappa shape index (κ3) is 3.12. The fourth-order valence-corrected chi connectivity index (χ4v) is 5.95. The molecule has 3 aromatic rings. The summed E-state index contributed by atoms with van der Waals surface area (Å²) in [5.41, 5.74) is 5.69. The summed E-state index contributed by atoms with van der Waals surface area (Å²) in [7, 11) is 1.99. The van der Waals surface area contributed by atoms with Crippen LogP contribution in [-0.2, 0) is 23.9 Å². The van der Waals surface area contributed by atoms with Crippen LogP contribution in [-0.4, -0.2) is 44.5 Å². The molecule has 2 spiro atoms. The van der Waals surface area contributed by atoms with Crippen molar-refractivity contribution in [2.24, 2.45) is 7.05 Å². The zero-order chi connectivity index (χ0) is 21.2. The number of benzene rings is 1. The molecular weight excluding hydrogens is 410 g/mol. The molecule has 162 valence electrons. The third-order valence-corrected chi connectivity index (χ3v) is 7.59. The molecule has 2 saturated heterocycles. The summed E-state index contributed by atoms with van der Waals surface area (Å²) in [6, 6.07) is 10.4. The molecular formula is C24H28ClN5O. The second kappa shape index (κ2) is 6.86. The van der Waals surface area contributed by atoms with Crippen LogP contribution in [0.2, 0.25) is 5.02 Å². The van der Waals surface area contributed by atoms with Crippen LogP contribution in [0.25, 0.3) is 5.69 Å². The van der Waals surface area contributed by atoms with Gasteiger partial charge in [0, 0.05) is 56.1 Å². The fraction of sp³-hybridized carbons (Fsp3) is 0.458. The van der Waals surface area contributed by atoms with E-state index in [9.17, 15) is 0 Å². The van der Waals surface area contributed by atoms with Gasteiger partial charge in [0.25, 0.3) is 0 Å². The molecule has 0 bridgehead atoms. The molecule has 6 nitrogen and oxygen atoms in total. The lowest BCUT2D eigenvalue weighted by atomic mass is 9.79. The van der Waals surface area contributed by atoms with Crippen molar-refractivity contribution in [3.8, 4) is 5.69 Å². The molecule has 31 heavy (non-hydrogen) atoms. The average Bonchev–Trinajstić information content (AvgIpc) is 3.43. The van der Waals surface area contributed by atoms with Crippen LogP contribution >= 0.6 is 11.6 Å². The first kappa shape index (κ1) is 19.4. The molecule has 0 aliphatic carbocycles. The van der Waals surface area contributed by atoms with Gasteiger partial charge in [-0.25, -0.2) is 0 Å². The van der Waals surface area contributed by atoms with Gasteiger partial charge in [-0.2, -0.15) is 5.10 Å². The third-order valence-electron chi connectivity index (χ3n) is 7.36. The molecule has 1 N–H and O–H groups in total. The van der Waals surface area contributed by atoms with Crippen molar-refractivity contribution in [2.75, 3.05) is 25.0 Å². The van der Waals surface area contributed by atoms with Crippen LogP contribution in [0, 0.1) is 6.92 Å². The number of fused-ring (bicyclic) bond motifs is 4. The minimum atomic E-state index is -0.205.